The van der Waals surface area contributed by atoms with Crippen molar-refractivity contribution in [1.82, 2.24) is 15.2 Å². The van der Waals surface area contributed by atoms with E-state index >= 15 is 0 Å². The molecule has 0 aliphatic rings. The number of hydrogen-bond donors (Lipinski definition) is 1. The predicted octanol–water partition coefficient (Wildman–Crippen LogP) is 4.15. The number of guanidine groups is 1. The van der Waals surface area contributed by atoms with E-state index in [1.54, 1.807) is 0 Å². The minimum Gasteiger partial charge on any atom is -0.356 e. The third kappa shape index (κ3) is 7.02. The molecule has 0 amide bonds. The molecule has 0 spiro atoms. The van der Waals surface area contributed by atoms with Crippen LogP contribution in [0, 0.1) is 5.92 Å². The molecule has 4 nitrogen and oxygen atoms in total. The topological polar surface area (TPSA) is 40.5 Å². The second-order valence-corrected chi connectivity index (χ2v) is 6.54. The lowest BCUT2D eigenvalue weighted by Gasteiger charge is -2.25. The highest BCUT2D eigenvalue weighted by atomic mass is 127. The maximum atomic E-state index is 4.73. The lowest BCUT2D eigenvalue weighted by Crippen LogP contribution is -2.39. The molecule has 1 unspecified atom stereocenters. The van der Waals surface area contributed by atoms with Crippen LogP contribution >= 0.6 is 24.0 Å². The van der Waals surface area contributed by atoms with E-state index in [0.717, 1.165) is 12.5 Å². The lowest BCUT2D eigenvalue weighted by molar-refractivity contribution is 0.474. The van der Waals surface area contributed by atoms with E-state index in [1.807, 2.05) is 55.7 Å². The molecular formula is C20H29IN4. The largest absolute Gasteiger partial charge is 0.356 e. The van der Waals surface area contributed by atoms with Gasteiger partial charge in [-0.3, -0.25) is 4.98 Å². The summed E-state index contributed by atoms with van der Waals surface area (Å²) in [5.41, 5.74) is 2.48. The van der Waals surface area contributed by atoms with Crippen molar-refractivity contribution < 1.29 is 0 Å². The van der Waals surface area contributed by atoms with Crippen LogP contribution < -0.4 is 5.32 Å². The van der Waals surface area contributed by atoms with Gasteiger partial charge in [0.2, 0.25) is 0 Å². The van der Waals surface area contributed by atoms with Gasteiger partial charge in [0.25, 0.3) is 0 Å². The second-order valence-electron chi connectivity index (χ2n) is 6.54. The molecule has 1 aromatic heterocycles. The highest BCUT2D eigenvalue weighted by Crippen LogP contribution is 2.22. The maximum Gasteiger partial charge on any atom is 0.193 e. The van der Waals surface area contributed by atoms with Crippen molar-refractivity contribution in [3.8, 4) is 0 Å². The van der Waals surface area contributed by atoms with E-state index in [2.05, 4.69) is 42.3 Å². The van der Waals surface area contributed by atoms with Crippen molar-refractivity contribution >= 4 is 29.9 Å². The van der Waals surface area contributed by atoms with Gasteiger partial charge in [0, 0.05) is 39.0 Å². The summed E-state index contributed by atoms with van der Waals surface area (Å²) >= 11 is 0. The third-order valence-corrected chi connectivity index (χ3v) is 4.08. The van der Waals surface area contributed by atoms with Crippen molar-refractivity contribution in [3.05, 3.63) is 66.0 Å². The average Bonchev–Trinajstić information content (AvgIpc) is 2.59. The molecule has 136 valence electrons. The third-order valence-electron chi connectivity index (χ3n) is 4.08. The van der Waals surface area contributed by atoms with Crippen LogP contribution in [-0.4, -0.2) is 36.5 Å². The fraction of sp³-hybridized carbons (Fsp3) is 0.400. The zero-order valence-corrected chi connectivity index (χ0v) is 17.8. The molecule has 1 aromatic carbocycles. The Balaban J connectivity index is 0.00000312. The van der Waals surface area contributed by atoms with Gasteiger partial charge in [-0.1, -0.05) is 50.2 Å². The zero-order chi connectivity index (χ0) is 17.4. The summed E-state index contributed by atoms with van der Waals surface area (Å²) in [6, 6.07) is 14.5. The van der Waals surface area contributed by atoms with Crippen molar-refractivity contribution in [1.29, 1.82) is 0 Å². The first-order valence-corrected chi connectivity index (χ1v) is 8.47. The molecule has 0 aliphatic heterocycles. The van der Waals surface area contributed by atoms with E-state index in [0.29, 0.717) is 18.4 Å². The molecule has 1 N–H and O–H groups in total. The highest BCUT2D eigenvalue weighted by molar-refractivity contribution is 14.0. The van der Waals surface area contributed by atoms with E-state index in [4.69, 9.17) is 4.99 Å². The van der Waals surface area contributed by atoms with Crippen molar-refractivity contribution in [2.24, 2.45) is 10.9 Å². The fourth-order valence-corrected chi connectivity index (χ4v) is 2.64. The molecule has 0 saturated heterocycles. The summed E-state index contributed by atoms with van der Waals surface area (Å²) in [5, 5.41) is 3.52. The quantitative estimate of drug-likeness (QED) is 0.407. The van der Waals surface area contributed by atoms with Gasteiger partial charge in [-0.2, -0.15) is 0 Å². The van der Waals surface area contributed by atoms with Gasteiger partial charge in [0.05, 0.1) is 6.54 Å². The van der Waals surface area contributed by atoms with Crippen molar-refractivity contribution in [2.45, 2.75) is 26.3 Å². The Bertz CT molecular complexity index is 627. The van der Waals surface area contributed by atoms with Gasteiger partial charge in [-0.05, 0) is 23.1 Å². The zero-order valence-electron chi connectivity index (χ0n) is 15.5. The van der Waals surface area contributed by atoms with Crippen LogP contribution in [0.25, 0.3) is 0 Å². The number of rotatable bonds is 6. The molecule has 0 fully saturated rings. The average molecular weight is 452 g/mol. The van der Waals surface area contributed by atoms with Crippen LogP contribution in [0.2, 0.25) is 0 Å². The Morgan fingerprint density at radius 2 is 1.84 bits per heavy atom. The molecule has 0 bridgehead atoms. The Labute approximate surface area is 168 Å². The van der Waals surface area contributed by atoms with Crippen LogP contribution in [0.5, 0.6) is 0 Å². The molecule has 1 atom stereocenters. The van der Waals surface area contributed by atoms with Crippen LogP contribution in [-0.2, 0) is 6.54 Å². The van der Waals surface area contributed by atoms with Gasteiger partial charge in [-0.15, -0.1) is 24.0 Å². The first-order valence-electron chi connectivity index (χ1n) is 8.47. The number of nitrogens with one attached hydrogen (secondary N) is 1. The normalized spacial score (nSPS) is 12.4. The highest BCUT2D eigenvalue weighted by Gasteiger charge is 2.17. The summed E-state index contributed by atoms with van der Waals surface area (Å²) in [6.45, 7) is 6.02. The van der Waals surface area contributed by atoms with Gasteiger partial charge < -0.3 is 10.2 Å². The Hall–Kier alpha value is -1.63. The van der Waals surface area contributed by atoms with Gasteiger partial charge in [0.15, 0.2) is 5.96 Å². The summed E-state index contributed by atoms with van der Waals surface area (Å²) in [7, 11) is 4.04. The number of aliphatic imine (C=N–C) groups is 1. The number of hydrogen-bond acceptors (Lipinski definition) is 2. The first-order chi connectivity index (χ1) is 11.6. The lowest BCUT2D eigenvalue weighted by atomic mass is 9.89. The monoisotopic (exact) mass is 452 g/mol. The standard InChI is InChI=1S/C20H28N4.HI/c1-16(2)19(18-11-8-12-21-14-18)15-23-20(24(3)4)22-13-17-9-6-5-7-10-17;/h5-12,14,16,19H,13,15H2,1-4H3,(H,22,23);1H. The summed E-state index contributed by atoms with van der Waals surface area (Å²) in [5.74, 6) is 1.84. The molecule has 0 radical (unpaired) electrons. The second kappa shape index (κ2) is 11.1. The van der Waals surface area contributed by atoms with Crippen molar-refractivity contribution in [3.63, 3.8) is 0 Å². The Morgan fingerprint density at radius 3 is 2.40 bits per heavy atom. The van der Waals surface area contributed by atoms with Crippen LogP contribution in [0.4, 0.5) is 0 Å². The van der Waals surface area contributed by atoms with E-state index in [-0.39, 0.29) is 24.0 Å². The molecule has 5 heteroatoms. The summed E-state index contributed by atoms with van der Waals surface area (Å²) in [4.78, 5) is 11.0. The summed E-state index contributed by atoms with van der Waals surface area (Å²) < 4.78 is 0. The van der Waals surface area contributed by atoms with Crippen LogP contribution in [0.15, 0.2) is 59.9 Å². The van der Waals surface area contributed by atoms with E-state index in [9.17, 15) is 0 Å². The molecular weight excluding hydrogens is 423 g/mol. The smallest absolute Gasteiger partial charge is 0.193 e. The molecule has 2 rings (SSSR count). The maximum absolute atomic E-state index is 4.73. The van der Waals surface area contributed by atoms with E-state index < -0.39 is 0 Å². The van der Waals surface area contributed by atoms with Crippen LogP contribution in [0.3, 0.4) is 0 Å². The van der Waals surface area contributed by atoms with Gasteiger partial charge in [-0.25, -0.2) is 4.99 Å². The number of benzene rings is 1. The molecule has 0 saturated carbocycles. The number of pyridine rings is 1. The SMILES string of the molecule is CC(C)C(CNC(=NCc1ccccc1)N(C)C)c1cccnc1.I. The number of nitrogens with zero attached hydrogens (tertiary/aromatic N) is 3. The molecule has 0 aliphatic carbocycles. The van der Waals surface area contributed by atoms with Crippen molar-refractivity contribution in [2.75, 3.05) is 20.6 Å². The molecule has 2 aromatic rings. The van der Waals surface area contributed by atoms with E-state index in [1.165, 1.54) is 11.1 Å². The van der Waals surface area contributed by atoms with Gasteiger partial charge >= 0.3 is 0 Å². The van der Waals surface area contributed by atoms with Crippen LogP contribution in [0.1, 0.15) is 30.9 Å². The predicted molar refractivity (Wildman–Crippen MR) is 117 cm³/mol. The van der Waals surface area contributed by atoms with Gasteiger partial charge in [0.1, 0.15) is 0 Å². The Morgan fingerprint density at radius 1 is 1.12 bits per heavy atom. The first kappa shape index (κ1) is 21.4. The Kier molecular flexibility index (Phi) is 9.49. The number of aromatic nitrogens is 1. The minimum absolute atomic E-state index is 0. The molecule has 25 heavy (non-hydrogen) atoms. The fourth-order valence-electron chi connectivity index (χ4n) is 2.64. The number of halogens is 1. The summed E-state index contributed by atoms with van der Waals surface area (Å²) in [6.07, 6.45) is 3.78. The minimum atomic E-state index is 0. The molecule has 1 heterocycles.